The summed E-state index contributed by atoms with van der Waals surface area (Å²) in [5.41, 5.74) is 0. The summed E-state index contributed by atoms with van der Waals surface area (Å²) in [6.07, 6.45) is 0.914. The van der Waals surface area contributed by atoms with E-state index in [2.05, 4.69) is 6.07 Å². The van der Waals surface area contributed by atoms with Crippen LogP contribution in [0.5, 0.6) is 17.2 Å². The Morgan fingerprint density at radius 3 is 2.85 bits per heavy atom. The smallest absolute Gasteiger partial charge is 0.164 e. The zero-order valence-corrected chi connectivity index (χ0v) is 7.50. The molecule has 0 N–H and O–H groups in total. The third kappa shape index (κ3) is 1.69. The summed E-state index contributed by atoms with van der Waals surface area (Å²) in [5, 5.41) is 0. The summed E-state index contributed by atoms with van der Waals surface area (Å²) in [6, 6.07) is 6.49. The molecule has 2 rings (SSSR count). The van der Waals surface area contributed by atoms with Crippen molar-refractivity contribution in [1.29, 1.82) is 0 Å². The maximum Gasteiger partial charge on any atom is 0.164 e. The second-order valence-corrected chi connectivity index (χ2v) is 2.78. The van der Waals surface area contributed by atoms with Crippen molar-refractivity contribution in [2.45, 2.75) is 6.42 Å². The van der Waals surface area contributed by atoms with Gasteiger partial charge in [0.25, 0.3) is 0 Å². The van der Waals surface area contributed by atoms with Crippen LogP contribution in [0.4, 0.5) is 0 Å². The van der Waals surface area contributed by atoms with E-state index in [4.69, 9.17) is 14.2 Å². The molecule has 1 heterocycles. The van der Waals surface area contributed by atoms with Gasteiger partial charge in [0.15, 0.2) is 11.5 Å². The van der Waals surface area contributed by atoms with Crippen molar-refractivity contribution < 1.29 is 14.2 Å². The summed E-state index contributed by atoms with van der Waals surface area (Å²) >= 11 is 0. The highest BCUT2D eigenvalue weighted by atomic mass is 16.5. The van der Waals surface area contributed by atoms with E-state index in [-0.39, 0.29) is 0 Å². The molecule has 0 atom stereocenters. The van der Waals surface area contributed by atoms with Crippen LogP contribution in [-0.2, 0) is 0 Å². The van der Waals surface area contributed by atoms with Crippen molar-refractivity contribution in [2.75, 3.05) is 20.3 Å². The van der Waals surface area contributed by atoms with Crippen LogP contribution >= 0.6 is 0 Å². The molecule has 0 unspecified atom stereocenters. The predicted molar refractivity (Wildman–Crippen MR) is 47.4 cm³/mol. The lowest BCUT2D eigenvalue weighted by molar-refractivity contribution is 0.296. The molecule has 0 amide bonds. The Bertz CT molecular complexity index is 296. The molecule has 3 heteroatoms. The number of hydrogen-bond donors (Lipinski definition) is 0. The molecule has 1 radical (unpaired) electrons. The van der Waals surface area contributed by atoms with Crippen molar-refractivity contribution >= 4 is 0 Å². The van der Waals surface area contributed by atoms with Crippen molar-refractivity contribution in [3.05, 3.63) is 18.2 Å². The van der Waals surface area contributed by atoms with Crippen molar-refractivity contribution in [2.24, 2.45) is 0 Å². The van der Waals surface area contributed by atoms with E-state index in [1.807, 2.05) is 0 Å². The van der Waals surface area contributed by atoms with E-state index >= 15 is 0 Å². The van der Waals surface area contributed by atoms with Crippen LogP contribution in [0.1, 0.15) is 6.42 Å². The average Bonchev–Trinajstić information content (AvgIpc) is 2.41. The maximum absolute atomic E-state index is 5.47. The molecule has 0 saturated carbocycles. The van der Waals surface area contributed by atoms with Crippen molar-refractivity contribution in [3.63, 3.8) is 0 Å². The third-order valence-corrected chi connectivity index (χ3v) is 1.87. The second-order valence-electron chi connectivity index (χ2n) is 2.78. The molecule has 0 fully saturated rings. The van der Waals surface area contributed by atoms with E-state index in [1.165, 1.54) is 0 Å². The molecule has 1 aromatic rings. The van der Waals surface area contributed by atoms with Gasteiger partial charge in [-0.1, -0.05) is 0 Å². The number of benzene rings is 1. The van der Waals surface area contributed by atoms with Gasteiger partial charge in [-0.2, -0.15) is 0 Å². The number of fused-ring (bicyclic) bond motifs is 1. The van der Waals surface area contributed by atoms with Gasteiger partial charge in [0.1, 0.15) is 5.75 Å². The molecule has 13 heavy (non-hydrogen) atoms. The molecule has 0 aliphatic carbocycles. The topological polar surface area (TPSA) is 27.7 Å². The number of methoxy groups -OCH3 is 1. The maximum atomic E-state index is 5.47. The minimum Gasteiger partial charge on any atom is -0.496 e. The number of hydrogen-bond acceptors (Lipinski definition) is 3. The van der Waals surface area contributed by atoms with Gasteiger partial charge in [-0.3, -0.25) is 0 Å². The number of rotatable bonds is 1. The molecular weight excluding hydrogens is 168 g/mol. The molecule has 3 nitrogen and oxygen atoms in total. The Hall–Kier alpha value is -1.38. The first-order chi connectivity index (χ1) is 6.40. The summed E-state index contributed by atoms with van der Waals surface area (Å²) in [6.45, 7) is 1.40. The van der Waals surface area contributed by atoms with Crippen LogP contribution in [0.15, 0.2) is 12.1 Å². The molecule has 69 valence electrons. The average molecular weight is 179 g/mol. The molecule has 0 spiro atoms. The van der Waals surface area contributed by atoms with E-state index < -0.39 is 0 Å². The first-order valence-electron chi connectivity index (χ1n) is 4.25. The standard InChI is InChI=1S/C10H11O3/c1-11-8-3-4-9-10(7-8)13-6-2-5-12-9/h4,7H,2,5-6H2,1H3. The molecule has 1 aliphatic heterocycles. The predicted octanol–water partition coefficient (Wildman–Crippen LogP) is 1.66. The molecular formula is C10H11O3. The Kier molecular flexibility index (Phi) is 2.25. The monoisotopic (exact) mass is 179 g/mol. The molecule has 0 aromatic heterocycles. The lowest BCUT2D eigenvalue weighted by Gasteiger charge is -2.07. The fourth-order valence-electron chi connectivity index (χ4n) is 1.21. The zero-order chi connectivity index (χ0) is 9.10. The SMILES string of the molecule is COc1[c]cc2c(c1)OCCCO2. The van der Waals surface area contributed by atoms with Crippen LogP contribution in [0, 0.1) is 6.07 Å². The minimum absolute atomic E-state index is 0.671. The van der Waals surface area contributed by atoms with Crippen LogP contribution in [0.2, 0.25) is 0 Å². The summed E-state index contributed by atoms with van der Waals surface area (Å²) in [7, 11) is 1.61. The molecule has 1 aliphatic rings. The fourth-order valence-corrected chi connectivity index (χ4v) is 1.21. The molecule has 0 bridgehead atoms. The summed E-state index contributed by atoms with van der Waals surface area (Å²) in [5.74, 6) is 2.16. The summed E-state index contributed by atoms with van der Waals surface area (Å²) < 4.78 is 15.9. The van der Waals surface area contributed by atoms with Gasteiger partial charge in [0.2, 0.25) is 0 Å². The Morgan fingerprint density at radius 2 is 2.08 bits per heavy atom. The Balaban J connectivity index is 2.32. The summed E-state index contributed by atoms with van der Waals surface area (Å²) in [4.78, 5) is 0. The lowest BCUT2D eigenvalue weighted by Crippen LogP contribution is -1.97. The Labute approximate surface area is 77.2 Å². The fraction of sp³-hybridized carbons (Fsp3) is 0.400. The highest BCUT2D eigenvalue weighted by Gasteiger charge is 2.10. The van der Waals surface area contributed by atoms with Gasteiger partial charge in [0.05, 0.1) is 20.3 Å². The van der Waals surface area contributed by atoms with Crippen LogP contribution in [-0.4, -0.2) is 20.3 Å². The highest BCUT2D eigenvalue weighted by molar-refractivity contribution is 5.45. The van der Waals surface area contributed by atoms with Gasteiger partial charge < -0.3 is 14.2 Å². The lowest BCUT2D eigenvalue weighted by atomic mass is 10.3. The third-order valence-electron chi connectivity index (χ3n) is 1.87. The normalized spacial score (nSPS) is 14.8. The highest BCUT2D eigenvalue weighted by Crippen LogP contribution is 2.32. The first-order valence-corrected chi connectivity index (χ1v) is 4.25. The van der Waals surface area contributed by atoms with E-state index in [0.717, 1.165) is 17.9 Å². The van der Waals surface area contributed by atoms with E-state index in [9.17, 15) is 0 Å². The van der Waals surface area contributed by atoms with E-state index in [0.29, 0.717) is 19.0 Å². The van der Waals surface area contributed by atoms with Crippen LogP contribution < -0.4 is 14.2 Å². The van der Waals surface area contributed by atoms with Crippen LogP contribution in [0.25, 0.3) is 0 Å². The minimum atomic E-state index is 0.671. The molecule has 1 aromatic carbocycles. The van der Waals surface area contributed by atoms with E-state index in [1.54, 1.807) is 19.2 Å². The van der Waals surface area contributed by atoms with Gasteiger partial charge in [-0.15, -0.1) is 0 Å². The quantitative estimate of drug-likeness (QED) is 0.656. The van der Waals surface area contributed by atoms with Gasteiger partial charge in [-0.05, 0) is 6.07 Å². The van der Waals surface area contributed by atoms with Gasteiger partial charge in [0, 0.05) is 18.6 Å². The van der Waals surface area contributed by atoms with Crippen molar-refractivity contribution in [1.82, 2.24) is 0 Å². The first kappa shape index (κ1) is 8.23. The largest absolute Gasteiger partial charge is 0.496 e. The van der Waals surface area contributed by atoms with Gasteiger partial charge >= 0.3 is 0 Å². The zero-order valence-electron chi connectivity index (χ0n) is 7.50. The Morgan fingerprint density at radius 1 is 1.31 bits per heavy atom. The van der Waals surface area contributed by atoms with Crippen molar-refractivity contribution in [3.8, 4) is 17.2 Å². The molecule has 0 saturated heterocycles. The number of ether oxygens (including phenoxy) is 3. The second kappa shape index (κ2) is 3.56. The van der Waals surface area contributed by atoms with Crippen LogP contribution in [0.3, 0.4) is 0 Å². The van der Waals surface area contributed by atoms with Gasteiger partial charge in [-0.25, -0.2) is 0 Å².